The highest BCUT2D eigenvalue weighted by Gasteiger charge is 2.21. The number of rotatable bonds is 5. The number of H-pyrrole nitrogens is 1. The quantitative estimate of drug-likeness (QED) is 0.453. The van der Waals surface area contributed by atoms with E-state index < -0.39 is 0 Å². The highest BCUT2D eigenvalue weighted by atomic mass is 16.5. The lowest BCUT2D eigenvalue weighted by molar-refractivity contribution is 0.103. The first-order chi connectivity index (χ1) is 14.3. The molecule has 0 bridgehead atoms. The average molecular weight is 383 g/mol. The van der Waals surface area contributed by atoms with Gasteiger partial charge in [0.15, 0.2) is 5.82 Å². The standard InChI is InChI=1S/C24H21N3O2/c28-22(23-26-20-9-3-4-10-21(20)27-23)17-11-13-18(14-12-17)29-24-19(8-5-15-25-24)16-6-1-2-7-16/h3-5,8-16H,1-2,6-7H2,(H,26,27). The first kappa shape index (κ1) is 17.6. The van der Waals surface area contributed by atoms with Crippen LogP contribution in [-0.2, 0) is 0 Å². The second-order valence-corrected chi connectivity index (χ2v) is 7.44. The third kappa shape index (κ3) is 3.51. The summed E-state index contributed by atoms with van der Waals surface area (Å²) < 4.78 is 6.06. The van der Waals surface area contributed by atoms with E-state index in [1.54, 1.807) is 18.3 Å². The molecule has 5 rings (SSSR count). The maximum Gasteiger partial charge on any atom is 0.228 e. The number of para-hydroxylation sites is 2. The second kappa shape index (κ2) is 7.51. The lowest BCUT2D eigenvalue weighted by Gasteiger charge is -2.14. The van der Waals surface area contributed by atoms with Crippen molar-refractivity contribution in [2.24, 2.45) is 0 Å². The third-order valence-corrected chi connectivity index (χ3v) is 5.53. The Morgan fingerprint density at radius 2 is 1.76 bits per heavy atom. The third-order valence-electron chi connectivity index (χ3n) is 5.53. The number of hydrogen-bond acceptors (Lipinski definition) is 4. The predicted molar refractivity (Wildman–Crippen MR) is 111 cm³/mol. The van der Waals surface area contributed by atoms with Gasteiger partial charge in [-0.15, -0.1) is 0 Å². The molecule has 5 heteroatoms. The molecule has 2 aromatic heterocycles. The number of fused-ring (bicyclic) bond motifs is 1. The number of carbonyl (C=O) groups is 1. The van der Waals surface area contributed by atoms with Gasteiger partial charge in [0, 0.05) is 17.3 Å². The number of imidazole rings is 1. The number of carbonyl (C=O) groups excluding carboxylic acids is 1. The minimum Gasteiger partial charge on any atom is -0.439 e. The molecule has 29 heavy (non-hydrogen) atoms. The van der Waals surface area contributed by atoms with Crippen molar-refractivity contribution in [3.63, 3.8) is 0 Å². The zero-order valence-electron chi connectivity index (χ0n) is 16.0. The fourth-order valence-corrected chi connectivity index (χ4v) is 4.02. The van der Waals surface area contributed by atoms with Gasteiger partial charge >= 0.3 is 0 Å². The molecule has 1 aliphatic rings. The summed E-state index contributed by atoms with van der Waals surface area (Å²) in [6.07, 6.45) is 6.66. The molecule has 4 aromatic rings. The van der Waals surface area contributed by atoms with Crippen LogP contribution in [0.15, 0.2) is 66.9 Å². The number of aromatic amines is 1. The smallest absolute Gasteiger partial charge is 0.228 e. The van der Waals surface area contributed by atoms with Crippen molar-refractivity contribution < 1.29 is 9.53 Å². The van der Waals surface area contributed by atoms with Crippen LogP contribution >= 0.6 is 0 Å². The summed E-state index contributed by atoms with van der Waals surface area (Å²) in [7, 11) is 0. The van der Waals surface area contributed by atoms with Gasteiger partial charge < -0.3 is 9.72 Å². The molecule has 1 saturated carbocycles. The normalized spacial score (nSPS) is 14.3. The van der Waals surface area contributed by atoms with Gasteiger partial charge in [0.25, 0.3) is 0 Å². The number of nitrogens with zero attached hydrogens (tertiary/aromatic N) is 2. The van der Waals surface area contributed by atoms with Crippen molar-refractivity contribution in [3.05, 3.63) is 83.8 Å². The average Bonchev–Trinajstić information content (AvgIpc) is 3.44. The fourth-order valence-electron chi connectivity index (χ4n) is 4.02. The minimum atomic E-state index is -0.141. The number of aromatic nitrogens is 3. The van der Waals surface area contributed by atoms with Crippen molar-refractivity contribution in [2.75, 3.05) is 0 Å². The van der Waals surface area contributed by atoms with Crippen LogP contribution in [0.4, 0.5) is 0 Å². The summed E-state index contributed by atoms with van der Waals surface area (Å²) in [5.41, 5.74) is 3.37. The predicted octanol–water partition coefficient (Wildman–Crippen LogP) is 5.64. The molecular weight excluding hydrogens is 362 g/mol. The zero-order valence-corrected chi connectivity index (χ0v) is 16.0. The van der Waals surface area contributed by atoms with E-state index in [2.05, 4.69) is 21.0 Å². The van der Waals surface area contributed by atoms with Crippen LogP contribution in [0.25, 0.3) is 11.0 Å². The molecule has 0 spiro atoms. The molecule has 0 saturated heterocycles. The number of pyridine rings is 1. The molecular formula is C24H21N3O2. The Kier molecular flexibility index (Phi) is 4.56. The van der Waals surface area contributed by atoms with E-state index in [0.29, 0.717) is 28.9 Å². The van der Waals surface area contributed by atoms with E-state index >= 15 is 0 Å². The van der Waals surface area contributed by atoms with E-state index in [0.717, 1.165) is 11.0 Å². The van der Waals surface area contributed by atoms with Crippen molar-refractivity contribution in [1.82, 2.24) is 15.0 Å². The van der Waals surface area contributed by atoms with Crippen molar-refractivity contribution in [2.45, 2.75) is 31.6 Å². The Hall–Kier alpha value is -3.47. The van der Waals surface area contributed by atoms with Crippen molar-refractivity contribution >= 4 is 16.8 Å². The molecule has 2 aromatic carbocycles. The Bertz CT molecular complexity index is 1130. The number of ketones is 1. The topological polar surface area (TPSA) is 67.9 Å². The summed E-state index contributed by atoms with van der Waals surface area (Å²) in [5, 5.41) is 0. The molecule has 0 atom stereocenters. The molecule has 0 radical (unpaired) electrons. The Morgan fingerprint density at radius 1 is 0.966 bits per heavy atom. The zero-order chi connectivity index (χ0) is 19.6. The van der Waals surface area contributed by atoms with E-state index in [9.17, 15) is 4.79 Å². The van der Waals surface area contributed by atoms with Crippen LogP contribution in [0.5, 0.6) is 11.6 Å². The summed E-state index contributed by atoms with van der Waals surface area (Å²) in [6, 6.07) is 18.8. The largest absolute Gasteiger partial charge is 0.439 e. The molecule has 0 unspecified atom stereocenters. The van der Waals surface area contributed by atoms with Gasteiger partial charge in [-0.25, -0.2) is 9.97 Å². The lowest BCUT2D eigenvalue weighted by atomic mass is 9.99. The highest BCUT2D eigenvalue weighted by Crippen LogP contribution is 2.38. The van der Waals surface area contributed by atoms with Crippen LogP contribution < -0.4 is 4.74 Å². The SMILES string of the molecule is O=C(c1ccc(Oc2ncccc2C2CCCC2)cc1)c1nc2ccccc2[nH]1. The van der Waals surface area contributed by atoms with E-state index in [4.69, 9.17) is 4.74 Å². The van der Waals surface area contributed by atoms with Gasteiger partial charge in [0.1, 0.15) is 5.75 Å². The van der Waals surface area contributed by atoms with Gasteiger partial charge in [-0.05, 0) is 61.2 Å². The molecule has 2 heterocycles. The maximum absolute atomic E-state index is 12.8. The van der Waals surface area contributed by atoms with Crippen LogP contribution in [0, 0.1) is 0 Å². The molecule has 1 fully saturated rings. The molecule has 0 aliphatic heterocycles. The van der Waals surface area contributed by atoms with Crippen LogP contribution in [0.3, 0.4) is 0 Å². The van der Waals surface area contributed by atoms with Gasteiger partial charge in [0.05, 0.1) is 11.0 Å². The molecule has 1 aliphatic carbocycles. The van der Waals surface area contributed by atoms with E-state index in [-0.39, 0.29) is 5.78 Å². The fraction of sp³-hybridized carbons (Fsp3) is 0.208. The monoisotopic (exact) mass is 383 g/mol. The summed E-state index contributed by atoms with van der Waals surface area (Å²) in [4.78, 5) is 24.7. The minimum absolute atomic E-state index is 0.141. The van der Waals surface area contributed by atoms with Gasteiger partial charge in [-0.3, -0.25) is 4.79 Å². The highest BCUT2D eigenvalue weighted by molar-refractivity contribution is 6.08. The molecule has 5 nitrogen and oxygen atoms in total. The number of hydrogen-bond donors (Lipinski definition) is 1. The van der Waals surface area contributed by atoms with Crippen LogP contribution in [0.1, 0.15) is 53.3 Å². The van der Waals surface area contributed by atoms with Crippen molar-refractivity contribution in [3.8, 4) is 11.6 Å². The number of nitrogens with one attached hydrogen (secondary N) is 1. The van der Waals surface area contributed by atoms with Gasteiger partial charge in [0.2, 0.25) is 11.7 Å². The Labute approximate surface area is 168 Å². The molecule has 144 valence electrons. The Morgan fingerprint density at radius 3 is 2.55 bits per heavy atom. The summed E-state index contributed by atoms with van der Waals surface area (Å²) in [5.74, 6) is 2.05. The van der Waals surface area contributed by atoms with Gasteiger partial charge in [-0.2, -0.15) is 0 Å². The molecule has 1 N–H and O–H groups in total. The lowest BCUT2D eigenvalue weighted by Crippen LogP contribution is -2.03. The Balaban J connectivity index is 1.36. The first-order valence-corrected chi connectivity index (χ1v) is 10.0. The summed E-state index contributed by atoms with van der Waals surface area (Å²) in [6.45, 7) is 0. The maximum atomic E-state index is 12.8. The van der Waals surface area contributed by atoms with E-state index in [1.807, 2.05) is 42.5 Å². The summed E-state index contributed by atoms with van der Waals surface area (Å²) >= 11 is 0. The number of ether oxygens (including phenoxy) is 1. The first-order valence-electron chi connectivity index (χ1n) is 10.0. The van der Waals surface area contributed by atoms with Crippen LogP contribution in [-0.4, -0.2) is 20.7 Å². The van der Waals surface area contributed by atoms with Gasteiger partial charge in [-0.1, -0.05) is 31.0 Å². The van der Waals surface area contributed by atoms with E-state index in [1.165, 1.54) is 31.2 Å². The number of benzene rings is 2. The second-order valence-electron chi connectivity index (χ2n) is 7.44. The van der Waals surface area contributed by atoms with Crippen molar-refractivity contribution in [1.29, 1.82) is 0 Å². The van der Waals surface area contributed by atoms with Crippen LogP contribution in [0.2, 0.25) is 0 Å². The molecule has 0 amide bonds.